The maximum atomic E-state index is 6.42. The van der Waals surface area contributed by atoms with Gasteiger partial charge in [0.15, 0.2) is 0 Å². The summed E-state index contributed by atoms with van der Waals surface area (Å²) < 4.78 is 12.8. The van der Waals surface area contributed by atoms with E-state index in [-0.39, 0.29) is 11.2 Å². The van der Waals surface area contributed by atoms with Gasteiger partial charge in [0.25, 0.3) is 0 Å². The molecule has 0 saturated carbocycles. The molecule has 6 rings (SSSR count). The highest BCUT2D eigenvalue weighted by Crippen LogP contribution is 2.39. The second kappa shape index (κ2) is 13.5. The van der Waals surface area contributed by atoms with E-state index in [0.717, 1.165) is 53.8 Å². The minimum absolute atomic E-state index is 0.384. The van der Waals surface area contributed by atoms with E-state index in [0.29, 0.717) is 0 Å². The molecule has 1 aliphatic heterocycles. The molecular weight excluding hydrogens is 573 g/mol. The SMILES string of the molecule is CCCc1ccc(-c2ccc(N(c3ccc(-c4ccc(CCC)cc4)cc3)c3ccc(B4OC(C)(C)C(C)(C)O4)c(C)c3)cc2)cc1. The summed E-state index contributed by atoms with van der Waals surface area (Å²) in [6.07, 6.45) is 4.55. The standard InChI is InChI=1S/C43H48BNO2/c1-8-10-32-12-16-34(17-13-32)36-20-24-38(25-21-36)45(39-26-22-37(23-27-39)35-18-14-33(11-9-2)15-19-35)40-28-29-41(31(3)30-40)44-46-42(4,5)43(6,7)47-44/h12-30H,8-11H2,1-7H3. The lowest BCUT2D eigenvalue weighted by molar-refractivity contribution is 0.00578. The molecular formula is C43H48BNO2. The summed E-state index contributed by atoms with van der Waals surface area (Å²) in [5.74, 6) is 0. The minimum Gasteiger partial charge on any atom is -0.399 e. The number of rotatable bonds is 10. The molecule has 0 atom stereocenters. The maximum Gasteiger partial charge on any atom is 0.495 e. The largest absolute Gasteiger partial charge is 0.495 e. The summed E-state index contributed by atoms with van der Waals surface area (Å²) in [5.41, 5.74) is 12.4. The van der Waals surface area contributed by atoms with Crippen LogP contribution in [0.1, 0.15) is 71.1 Å². The molecule has 3 nitrogen and oxygen atoms in total. The van der Waals surface area contributed by atoms with Crippen molar-refractivity contribution < 1.29 is 9.31 Å². The fourth-order valence-corrected chi connectivity index (χ4v) is 6.39. The van der Waals surface area contributed by atoms with Crippen molar-refractivity contribution in [1.82, 2.24) is 0 Å². The first kappa shape index (κ1) is 32.8. The lowest BCUT2D eigenvalue weighted by Crippen LogP contribution is -2.41. The van der Waals surface area contributed by atoms with Gasteiger partial charge in [-0.3, -0.25) is 0 Å². The van der Waals surface area contributed by atoms with Crippen LogP contribution in [0.5, 0.6) is 0 Å². The van der Waals surface area contributed by atoms with Crippen LogP contribution >= 0.6 is 0 Å². The minimum atomic E-state index is -0.395. The molecule has 1 saturated heterocycles. The van der Waals surface area contributed by atoms with Gasteiger partial charge in [0, 0.05) is 17.1 Å². The Morgan fingerprint density at radius 2 is 0.872 bits per heavy atom. The first-order chi connectivity index (χ1) is 22.6. The molecule has 0 unspecified atom stereocenters. The fraction of sp³-hybridized carbons (Fsp3) is 0.302. The zero-order valence-corrected chi connectivity index (χ0v) is 29.1. The van der Waals surface area contributed by atoms with Gasteiger partial charge in [0.1, 0.15) is 0 Å². The molecule has 1 fully saturated rings. The first-order valence-electron chi connectivity index (χ1n) is 17.2. The number of benzene rings is 5. The maximum absolute atomic E-state index is 6.42. The Morgan fingerprint density at radius 3 is 1.23 bits per heavy atom. The van der Waals surface area contributed by atoms with Crippen LogP contribution in [0.15, 0.2) is 115 Å². The highest BCUT2D eigenvalue weighted by molar-refractivity contribution is 6.62. The smallest absolute Gasteiger partial charge is 0.399 e. The van der Waals surface area contributed by atoms with Crippen molar-refractivity contribution in [2.75, 3.05) is 4.90 Å². The average Bonchev–Trinajstić information content (AvgIpc) is 3.28. The molecule has 47 heavy (non-hydrogen) atoms. The molecule has 5 aromatic carbocycles. The van der Waals surface area contributed by atoms with Gasteiger partial charge in [0.05, 0.1) is 11.2 Å². The number of hydrogen-bond donors (Lipinski definition) is 0. The second-order valence-corrected chi connectivity index (χ2v) is 14.0. The molecule has 0 spiro atoms. The highest BCUT2D eigenvalue weighted by Gasteiger charge is 2.52. The van der Waals surface area contributed by atoms with Crippen molar-refractivity contribution in [3.63, 3.8) is 0 Å². The molecule has 5 aromatic rings. The average molecular weight is 622 g/mol. The van der Waals surface area contributed by atoms with Crippen LogP contribution < -0.4 is 10.4 Å². The third-order valence-electron chi connectivity index (χ3n) is 9.92. The monoisotopic (exact) mass is 621 g/mol. The second-order valence-electron chi connectivity index (χ2n) is 14.0. The van der Waals surface area contributed by atoms with E-state index in [2.05, 4.69) is 169 Å². The summed E-state index contributed by atoms with van der Waals surface area (Å²) >= 11 is 0. The van der Waals surface area contributed by atoms with Gasteiger partial charge in [0.2, 0.25) is 0 Å². The van der Waals surface area contributed by atoms with Crippen LogP contribution in [-0.2, 0) is 22.2 Å². The molecule has 1 aliphatic rings. The molecule has 0 N–H and O–H groups in total. The normalized spacial score (nSPS) is 15.2. The van der Waals surface area contributed by atoms with E-state index in [1.807, 2.05) is 0 Å². The van der Waals surface area contributed by atoms with Gasteiger partial charge in [-0.05, 0) is 128 Å². The Bertz CT molecular complexity index is 1680. The lowest BCUT2D eigenvalue weighted by atomic mass is 9.76. The van der Waals surface area contributed by atoms with E-state index in [9.17, 15) is 0 Å². The highest BCUT2D eigenvalue weighted by atomic mass is 16.7. The van der Waals surface area contributed by atoms with Crippen molar-refractivity contribution in [3.8, 4) is 22.3 Å². The summed E-state index contributed by atoms with van der Waals surface area (Å²) in [5, 5.41) is 0. The molecule has 0 amide bonds. The van der Waals surface area contributed by atoms with Crippen molar-refractivity contribution in [1.29, 1.82) is 0 Å². The van der Waals surface area contributed by atoms with Crippen LogP contribution in [0.25, 0.3) is 22.3 Å². The molecule has 4 heteroatoms. The third kappa shape index (κ3) is 6.95. The van der Waals surface area contributed by atoms with Gasteiger partial charge >= 0.3 is 7.12 Å². The van der Waals surface area contributed by atoms with Crippen molar-refractivity contribution in [2.24, 2.45) is 0 Å². The van der Waals surface area contributed by atoms with Crippen molar-refractivity contribution in [2.45, 2.75) is 85.4 Å². The Balaban J connectivity index is 1.34. The van der Waals surface area contributed by atoms with Gasteiger partial charge in [-0.2, -0.15) is 0 Å². The van der Waals surface area contributed by atoms with Crippen LogP contribution in [0, 0.1) is 6.92 Å². The van der Waals surface area contributed by atoms with Gasteiger partial charge < -0.3 is 14.2 Å². The molecule has 0 aliphatic carbocycles. The van der Waals surface area contributed by atoms with Crippen molar-refractivity contribution >= 4 is 29.6 Å². The Hall–Kier alpha value is -4.12. The molecule has 0 radical (unpaired) electrons. The lowest BCUT2D eigenvalue weighted by Gasteiger charge is -2.32. The summed E-state index contributed by atoms with van der Waals surface area (Å²) in [4.78, 5) is 2.34. The topological polar surface area (TPSA) is 21.7 Å². The molecule has 1 heterocycles. The van der Waals surface area contributed by atoms with Gasteiger partial charge in [-0.15, -0.1) is 0 Å². The van der Waals surface area contributed by atoms with E-state index in [1.54, 1.807) is 0 Å². The molecule has 0 bridgehead atoms. The number of hydrogen-bond acceptors (Lipinski definition) is 3. The van der Waals surface area contributed by atoms with Crippen LogP contribution in [0.2, 0.25) is 0 Å². The summed E-state index contributed by atoms with van der Waals surface area (Å²) in [7, 11) is -0.395. The molecule has 240 valence electrons. The van der Waals surface area contributed by atoms with Crippen molar-refractivity contribution in [3.05, 3.63) is 132 Å². The van der Waals surface area contributed by atoms with E-state index < -0.39 is 7.12 Å². The van der Waals surface area contributed by atoms with Crippen LogP contribution in [-0.4, -0.2) is 18.3 Å². The van der Waals surface area contributed by atoms with Crippen LogP contribution in [0.4, 0.5) is 17.1 Å². The van der Waals surface area contributed by atoms with Gasteiger partial charge in [-0.25, -0.2) is 0 Å². The number of anilines is 3. The van der Waals surface area contributed by atoms with E-state index >= 15 is 0 Å². The summed E-state index contributed by atoms with van der Waals surface area (Å²) in [6, 6.07) is 42.4. The van der Waals surface area contributed by atoms with E-state index in [4.69, 9.17) is 9.31 Å². The quantitative estimate of drug-likeness (QED) is 0.145. The molecule has 0 aromatic heterocycles. The third-order valence-corrected chi connectivity index (χ3v) is 9.92. The zero-order valence-electron chi connectivity index (χ0n) is 29.1. The van der Waals surface area contributed by atoms with Crippen LogP contribution in [0.3, 0.4) is 0 Å². The first-order valence-corrected chi connectivity index (χ1v) is 17.2. The Kier molecular flexibility index (Phi) is 9.46. The van der Waals surface area contributed by atoms with E-state index in [1.165, 1.54) is 33.4 Å². The fourth-order valence-electron chi connectivity index (χ4n) is 6.39. The number of aryl methyl sites for hydroxylation is 3. The zero-order chi connectivity index (χ0) is 33.2. The van der Waals surface area contributed by atoms with Gasteiger partial charge in [-0.1, -0.05) is 106 Å². The Morgan fingerprint density at radius 1 is 0.511 bits per heavy atom. The predicted molar refractivity (Wildman–Crippen MR) is 200 cm³/mol. The summed E-state index contributed by atoms with van der Waals surface area (Å²) in [6.45, 7) is 15.0. The predicted octanol–water partition coefficient (Wildman–Crippen LogP) is 11.0. The number of nitrogens with zero attached hydrogens (tertiary/aromatic N) is 1. The Labute approximate surface area is 282 Å².